The number of methoxy groups -OCH3 is 1. The molecule has 0 N–H and O–H groups in total. The van der Waals surface area contributed by atoms with Crippen LogP contribution in [0.5, 0.6) is 0 Å². The van der Waals surface area contributed by atoms with Crippen LogP contribution in [0, 0.1) is 6.92 Å². The summed E-state index contributed by atoms with van der Waals surface area (Å²) in [6.07, 6.45) is 0.695. The van der Waals surface area contributed by atoms with Gasteiger partial charge in [0.15, 0.2) is 6.10 Å². The number of carbonyl (C=O) groups is 1. The molecule has 1 aliphatic heterocycles. The summed E-state index contributed by atoms with van der Waals surface area (Å²) >= 11 is 0. The second kappa shape index (κ2) is 5.08. The summed E-state index contributed by atoms with van der Waals surface area (Å²) in [5.41, 5.74) is 1.75. The molecule has 0 aromatic heterocycles. The summed E-state index contributed by atoms with van der Waals surface area (Å²) in [6.45, 7) is 4.00. The van der Waals surface area contributed by atoms with E-state index in [2.05, 4.69) is 4.74 Å². The van der Waals surface area contributed by atoms with Crippen LogP contribution in [0.2, 0.25) is 0 Å². The predicted octanol–water partition coefficient (Wildman–Crippen LogP) is 2.49. The van der Waals surface area contributed by atoms with Crippen molar-refractivity contribution >= 4 is 5.97 Å². The van der Waals surface area contributed by atoms with Crippen LogP contribution < -0.4 is 0 Å². The van der Waals surface area contributed by atoms with Crippen LogP contribution >= 0.6 is 0 Å². The van der Waals surface area contributed by atoms with Gasteiger partial charge >= 0.3 is 5.97 Å². The Kier molecular flexibility index (Phi) is 3.68. The molecule has 98 valence electrons. The van der Waals surface area contributed by atoms with E-state index in [0.29, 0.717) is 6.42 Å². The number of hydrogen-bond acceptors (Lipinski definition) is 4. The van der Waals surface area contributed by atoms with E-state index in [0.717, 1.165) is 12.0 Å². The van der Waals surface area contributed by atoms with Gasteiger partial charge in [-0.15, -0.1) is 0 Å². The monoisotopic (exact) mass is 250 g/mol. The normalized spacial score (nSPS) is 27.8. The molecule has 18 heavy (non-hydrogen) atoms. The molecular weight excluding hydrogens is 232 g/mol. The Labute approximate surface area is 107 Å². The fourth-order valence-corrected chi connectivity index (χ4v) is 2.05. The van der Waals surface area contributed by atoms with E-state index >= 15 is 0 Å². The lowest BCUT2D eigenvalue weighted by Crippen LogP contribution is -2.39. The van der Waals surface area contributed by atoms with Gasteiger partial charge in [0.05, 0.1) is 7.11 Å². The van der Waals surface area contributed by atoms with Gasteiger partial charge < -0.3 is 4.74 Å². The third-order valence-electron chi connectivity index (χ3n) is 3.36. The largest absolute Gasteiger partial charge is 0.467 e. The Bertz CT molecular complexity index is 416. The standard InChI is InChI=1S/C14H18O4/c1-10-4-6-11(7-5-10)14(2)9-8-12(17-18-14)13(15)16-3/h4-7,12H,8-9H2,1-3H3/t12-,14-/m1/s1. The van der Waals surface area contributed by atoms with Crippen molar-refractivity contribution in [1.82, 2.24) is 0 Å². The summed E-state index contributed by atoms with van der Waals surface area (Å²) in [6, 6.07) is 8.13. The van der Waals surface area contributed by atoms with E-state index in [9.17, 15) is 4.79 Å². The van der Waals surface area contributed by atoms with Gasteiger partial charge in [-0.05, 0) is 32.3 Å². The van der Waals surface area contributed by atoms with Crippen molar-refractivity contribution in [2.75, 3.05) is 7.11 Å². The Morgan fingerprint density at radius 1 is 1.39 bits per heavy atom. The van der Waals surface area contributed by atoms with Crippen molar-refractivity contribution < 1.29 is 19.3 Å². The van der Waals surface area contributed by atoms with E-state index in [1.54, 1.807) is 0 Å². The minimum atomic E-state index is -0.617. The molecule has 0 saturated carbocycles. The highest BCUT2D eigenvalue weighted by Crippen LogP contribution is 2.36. The third kappa shape index (κ3) is 2.54. The summed E-state index contributed by atoms with van der Waals surface area (Å²) < 4.78 is 4.64. The molecule has 0 aliphatic carbocycles. The first-order valence-electron chi connectivity index (χ1n) is 6.04. The maximum Gasteiger partial charge on any atom is 0.338 e. The molecule has 0 spiro atoms. The van der Waals surface area contributed by atoms with Crippen LogP contribution in [0.3, 0.4) is 0 Å². The summed E-state index contributed by atoms with van der Waals surface area (Å²) in [4.78, 5) is 21.9. The molecule has 1 aliphatic rings. The van der Waals surface area contributed by atoms with Gasteiger partial charge in [0.2, 0.25) is 0 Å². The molecule has 1 aromatic rings. The van der Waals surface area contributed by atoms with E-state index in [-0.39, 0.29) is 5.97 Å². The number of ether oxygens (including phenoxy) is 1. The molecule has 2 rings (SSSR count). The lowest BCUT2D eigenvalue weighted by atomic mass is 9.89. The van der Waals surface area contributed by atoms with Gasteiger partial charge in [-0.25, -0.2) is 14.6 Å². The quantitative estimate of drug-likeness (QED) is 0.597. The van der Waals surface area contributed by atoms with Gasteiger partial charge in [-0.1, -0.05) is 29.8 Å². The maximum atomic E-state index is 11.3. The van der Waals surface area contributed by atoms with Crippen LogP contribution in [0.1, 0.15) is 30.9 Å². The highest BCUT2D eigenvalue weighted by atomic mass is 17.2. The van der Waals surface area contributed by atoms with Crippen molar-refractivity contribution in [3.8, 4) is 0 Å². The average molecular weight is 250 g/mol. The second-order valence-electron chi connectivity index (χ2n) is 4.83. The van der Waals surface area contributed by atoms with Crippen LogP contribution in [0.15, 0.2) is 24.3 Å². The third-order valence-corrected chi connectivity index (χ3v) is 3.36. The lowest BCUT2D eigenvalue weighted by molar-refractivity contribution is -0.404. The zero-order chi connectivity index (χ0) is 13.2. The van der Waals surface area contributed by atoms with E-state index in [1.807, 2.05) is 38.1 Å². The molecule has 2 atom stereocenters. The van der Waals surface area contributed by atoms with Gasteiger partial charge in [0, 0.05) is 0 Å². The highest BCUT2D eigenvalue weighted by molar-refractivity contribution is 5.74. The molecule has 4 heteroatoms. The van der Waals surface area contributed by atoms with Gasteiger partial charge in [0.25, 0.3) is 0 Å². The molecule has 0 bridgehead atoms. The Balaban J connectivity index is 2.07. The molecule has 1 aromatic carbocycles. The zero-order valence-corrected chi connectivity index (χ0v) is 10.9. The molecular formula is C14H18O4. The van der Waals surface area contributed by atoms with Crippen LogP contribution in [0.4, 0.5) is 0 Å². The first-order chi connectivity index (χ1) is 8.55. The number of benzene rings is 1. The number of carbonyl (C=O) groups excluding carboxylic acids is 1. The first-order valence-corrected chi connectivity index (χ1v) is 6.04. The van der Waals surface area contributed by atoms with Crippen LogP contribution in [-0.2, 0) is 24.9 Å². The van der Waals surface area contributed by atoms with Crippen molar-refractivity contribution in [1.29, 1.82) is 0 Å². The minimum Gasteiger partial charge on any atom is -0.467 e. The Morgan fingerprint density at radius 3 is 2.56 bits per heavy atom. The smallest absolute Gasteiger partial charge is 0.338 e. The number of esters is 1. The fraction of sp³-hybridized carbons (Fsp3) is 0.500. The molecule has 1 saturated heterocycles. The summed E-state index contributed by atoms with van der Waals surface area (Å²) in [5, 5.41) is 0. The number of hydrogen-bond donors (Lipinski definition) is 0. The highest BCUT2D eigenvalue weighted by Gasteiger charge is 2.38. The van der Waals surface area contributed by atoms with E-state index in [1.165, 1.54) is 12.7 Å². The van der Waals surface area contributed by atoms with Gasteiger partial charge in [-0.3, -0.25) is 0 Å². The summed E-state index contributed by atoms with van der Waals surface area (Å²) in [7, 11) is 1.35. The lowest BCUT2D eigenvalue weighted by Gasteiger charge is -2.35. The van der Waals surface area contributed by atoms with Crippen LogP contribution in [-0.4, -0.2) is 19.2 Å². The van der Waals surface area contributed by atoms with Crippen molar-refractivity contribution in [3.63, 3.8) is 0 Å². The van der Waals surface area contributed by atoms with E-state index in [4.69, 9.17) is 9.78 Å². The zero-order valence-electron chi connectivity index (χ0n) is 10.9. The molecule has 0 unspecified atom stereocenters. The topological polar surface area (TPSA) is 44.8 Å². The maximum absolute atomic E-state index is 11.3. The fourth-order valence-electron chi connectivity index (χ4n) is 2.05. The molecule has 0 amide bonds. The van der Waals surface area contributed by atoms with E-state index < -0.39 is 11.7 Å². The minimum absolute atomic E-state index is 0.388. The molecule has 1 fully saturated rings. The predicted molar refractivity (Wildman–Crippen MR) is 65.7 cm³/mol. The van der Waals surface area contributed by atoms with Gasteiger partial charge in [-0.2, -0.15) is 0 Å². The Hall–Kier alpha value is -1.39. The van der Waals surface area contributed by atoms with Gasteiger partial charge in [0.1, 0.15) is 5.60 Å². The Morgan fingerprint density at radius 2 is 2.06 bits per heavy atom. The molecule has 4 nitrogen and oxygen atoms in total. The van der Waals surface area contributed by atoms with Crippen molar-refractivity contribution in [2.45, 2.75) is 38.4 Å². The van der Waals surface area contributed by atoms with Crippen molar-refractivity contribution in [2.24, 2.45) is 0 Å². The first kappa shape index (κ1) is 13.1. The number of aryl methyl sites for hydroxylation is 1. The number of rotatable bonds is 2. The van der Waals surface area contributed by atoms with Crippen molar-refractivity contribution in [3.05, 3.63) is 35.4 Å². The average Bonchev–Trinajstić information content (AvgIpc) is 2.39. The van der Waals surface area contributed by atoms with Crippen LogP contribution in [0.25, 0.3) is 0 Å². The molecule has 1 heterocycles. The summed E-state index contributed by atoms with van der Waals surface area (Å²) in [5.74, 6) is -0.388. The second-order valence-corrected chi connectivity index (χ2v) is 4.83. The SMILES string of the molecule is COC(=O)[C@H]1CC[C@](C)(c2ccc(C)cc2)OO1. The molecule has 0 radical (unpaired) electrons.